The molecule has 0 bridgehead atoms. The molecular formula is C26H42N6O. The highest BCUT2D eigenvalue weighted by molar-refractivity contribution is 5.98. The Kier molecular flexibility index (Phi) is 10.4. The van der Waals surface area contributed by atoms with Crippen molar-refractivity contribution in [2.75, 3.05) is 91.1 Å². The second-order valence-electron chi connectivity index (χ2n) is 9.06. The van der Waals surface area contributed by atoms with Crippen LogP contribution in [0, 0.1) is 0 Å². The molecule has 0 aromatic heterocycles. The van der Waals surface area contributed by atoms with Gasteiger partial charge in [-0.1, -0.05) is 12.1 Å². The van der Waals surface area contributed by atoms with Crippen LogP contribution in [0.15, 0.2) is 45.4 Å². The van der Waals surface area contributed by atoms with E-state index in [2.05, 4.69) is 75.2 Å². The minimum absolute atomic E-state index is 0.681. The van der Waals surface area contributed by atoms with Crippen molar-refractivity contribution < 1.29 is 4.74 Å². The standard InChI is InChI=1S/C26H42N6O/c1-22(23(2)26(27-3)29-10-5-11-31-16-18-33-19-17-31)20-28-21-24-6-8-25(9-7-24)32-14-12-30(4)13-15-32/h6-9,21H,5,10-20H2,1-4H3,(H,27,29)/b23-22-,28-21?. The Balaban J connectivity index is 1.43. The van der Waals surface area contributed by atoms with Gasteiger partial charge in [-0.2, -0.15) is 0 Å². The minimum atomic E-state index is 0.681. The van der Waals surface area contributed by atoms with Gasteiger partial charge in [-0.3, -0.25) is 14.9 Å². The number of piperazine rings is 1. The van der Waals surface area contributed by atoms with Crippen LogP contribution in [0.3, 0.4) is 0 Å². The van der Waals surface area contributed by atoms with Crippen LogP contribution in [-0.2, 0) is 4.74 Å². The van der Waals surface area contributed by atoms with Gasteiger partial charge in [0.25, 0.3) is 0 Å². The maximum Gasteiger partial charge on any atom is 0.123 e. The monoisotopic (exact) mass is 454 g/mol. The lowest BCUT2D eigenvalue weighted by Crippen LogP contribution is -2.44. The zero-order valence-corrected chi connectivity index (χ0v) is 21.0. The number of ether oxygens (including phenoxy) is 1. The first-order chi connectivity index (χ1) is 16.1. The number of nitrogens with one attached hydrogen (secondary N) is 1. The normalized spacial score (nSPS) is 19.8. The van der Waals surface area contributed by atoms with E-state index in [-0.39, 0.29) is 0 Å². The summed E-state index contributed by atoms with van der Waals surface area (Å²) in [7, 11) is 4.04. The van der Waals surface area contributed by atoms with Gasteiger partial charge in [-0.25, -0.2) is 0 Å². The number of anilines is 1. The lowest BCUT2D eigenvalue weighted by Gasteiger charge is -2.34. The molecule has 0 spiro atoms. The molecule has 1 aromatic carbocycles. The number of hydrogen-bond donors (Lipinski definition) is 1. The number of benzene rings is 1. The summed E-state index contributed by atoms with van der Waals surface area (Å²) in [6.07, 6.45) is 3.08. The summed E-state index contributed by atoms with van der Waals surface area (Å²) >= 11 is 0. The maximum absolute atomic E-state index is 5.42. The van der Waals surface area contributed by atoms with Crippen LogP contribution in [0.2, 0.25) is 0 Å². The van der Waals surface area contributed by atoms with Gasteiger partial charge < -0.3 is 19.9 Å². The lowest BCUT2D eigenvalue weighted by atomic mass is 10.1. The van der Waals surface area contributed by atoms with E-state index >= 15 is 0 Å². The summed E-state index contributed by atoms with van der Waals surface area (Å²) in [5.74, 6) is 0.973. The van der Waals surface area contributed by atoms with Crippen molar-refractivity contribution in [2.45, 2.75) is 20.3 Å². The average molecular weight is 455 g/mol. The third-order valence-corrected chi connectivity index (χ3v) is 6.60. The molecule has 7 heteroatoms. The van der Waals surface area contributed by atoms with E-state index in [1.165, 1.54) is 16.8 Å². The highest BCUT2D eigenvalue weighted by atomic mass is 16.5. The third-order valence-electron chi connectivity index (χ3n) is 6.60. The van der Waals surface area contributed by atoms with E-state index in [0.717, 1.165) is 83.4 Å². The van der Waals surface area contributed by atoms with Gasteiger partial charge in [0, 0.05) is 64.8 Å². The molecule has 2 aliphatic heterocycles. The van der Waals surface area contributed by atoms with Crippen LogP contribution in [0.5, 0.6) is 0 Å². The van der Waals surface area contributed by atoms with Gasteiger partial charge in [-0.05, 0) is 62.7 Å². The lowest BCUT2D eigenvalue weighted by molar-refractivity contribution is 0.0376. The highest BCUT2D eigenvalue weighted by Gasteiger charge is 2.14. The van der Waals surface area contributed by atoms with Crippen LogP contribution in [-0.4, -0.2) is 108 Å². The van der Waals surface area contributed by atoms with Crippen LogP contribution >= 0.6 is 0 Å². The molecule has 0 atom stereocenters. The van der Waals surface area contributed by atoms with E-state index in [0.29, 0.717) is 6.54 Å². The first kappa shape index (κ1) is 25.4. The molecule has 0 unspecified atom stereocenters. The van der Waals surface area contributed by atoms with Crippen LogP contribution in [0.1, 0.15) is 25.8 Å². The smallest absolute Gasteiger partial charge is 0.123 e. The topological polar surface area (TPSA) is 55.7 Å². The quantitative estimate of drug-likeness (QED) is 0.353. The average Bonchev–Trinajstić information content (AvgIpc) is 2.85. The van der Waals surface area contributed by atoms with Crippen LogP contribution < -0.4 is 10.2 Å². The van der Waals surface area contributed by atoms with E-state index < -0.39 is 0 Å². The summed E-state index contributed by atoms with van der Waals surface area (Å²) in [4.78, 5) is 16.5. The van der Waals surface area contributed by atoms with Crippen LogP contribution in [0.25, 0.3) is 0 Å². The first-order valence-corrected chi connectivity index (χ1v) is 12.3. The number of morpholine rings is 1. The molecule has 1 aromatic rings. The number of likely N-dealkylation sites (N-methyl/N-ethyl adjacent to an activating group) is 1. The Hall–Kier alpha value is -2.22. The number of rotatable bonds is 9. The van der Waals surface area contributed by atoms with Crippen LogP contribution in [0.4, 0.5) is 5.69 Å². The molecule has 7 nitrogen and oxygen atoms in total. The van der Waals surface area contributed by atoms with E-state index in [9.17, 15) is 0 Å². The Morgan fingerprint density at radius 3 is 2.39 bits per heavy atom. The minimum Gasteiger partial charge on any atom is -0.379 e. The zero-order chi connectivity index (χ0) is 23.5. The Morgan fingerprint density at radius 1 is 1.03 bits per heavy atom. The molecule has 2 saturated heterocycles. The van der Waals surface area contributed by atoms with Crippen molar-refractivity contribution in [1.82, 2.24) is 15.1 Å². The molecule has 182 valence electrons. The molecule has 1 N–H and O–H groups in total. The number of aliphatic imine (C=N–C) groups is 2. The largest absolute Gasteiger partial charge is 0.379 e. The molecule has 0 radical (unpaired) electrons. The molecule has 33 heavy (non-hydrogen) atoms. The fraction of sp³-hybridized carbons (Fsp3) is 0.615. The second kappa shape index (κ2) is 13.5. The zero-order valence-electron chi connectivity index (χ0n) is 21.0. The molecule has 0 amide bonds. The van der Waals surface area contributed by atoms with E-state index in [4.69, 9.17) is 4.74 Å². The SMILES string of the molecule is CN=C(NCCCN1CCOCC1)/C(C)=C(/C)CN=Cc1ccc(N2CCN(C)CC2)cc1. The van der Waals surface area contributed by atoms with Gasteiger partial charge in [0.05, 0.1) is 19.8 Å². The van der Waals surface area contributed by atoms with E-state index in [1.54, 1.807) is 0 Å². The maximum atomic E-state index is 5.42. The number of nitrogens with zero attached hydrogens (tertiary/aromatic N) is 5. The first-order valence-electron chi connectivity index (χ1n) is 12.3. The Morgan fingerprint density at radius 2 is 1.73 bits per heavy atom. The predicted molar refractivity (Wildman–Crippen MR) is 140 cm³/mol. The molecule has 2 fully saturated rings. The summed E-state index contributed by atoms with van der Waals surface area (Å²) in [5.41, 5.74) is 4.87. The van der Waals surface area contributed by atoms with E-state index in [1.807, 2.05) is 13.3 Å². The van der Waals surface area contributed by atoms with Crippen molar-refractivity contribution in [3.63, 3.8) is 0 Å². The van der Waals surface area contributed by atoms with Gasteiger partial charge >= 0.3 is 0 Å². The molecule has 2 aliphatic rings. The summed E-state index contributed by atoms with van der Waals surface area (Å²) < 4.78 is 5.42. The Bertz CT molecular complexity index is 803. The molecule has 0 aliphatic carbocycles. The summed E-state index contributed by atoms with van der Waals surface area (Å²) in [6.45, 7) is 15.2. The van der Waals surface area contributed by atoms with Crippen molar-refractivity contribution >= 4 is 17.7 Å². The molecule has 0 saturated carbocycles. The summed E-state index contributed by atoms with van der Waals surface area (Å²) in [5, 5.41) is 3.51. The predicted octanol–water partition coefficient (Wildman–Crippen LogP) is 2.53. The van der Waals surface area contributed by atoms with Gasteiger partial charge in [0.2, 0.25) is 0 Å². The molecule has 3 rings (SSSR count). The highest BCUT2D eigenvalue weighted by Crippen LogP contribution is 2.16. The van der Waals surface area contributed by atoms with Crippen molar-refractivity contribution in [3.8, 4) is 0 Å². The third kappa shape index (κ3) is 8.25. The Labute approximate surface area is 200 Å². The van der Waals surface area contributed by atoms with Gasteiger partial charge in [0.15, 0.2) is 0 Å². The molecule has 2 heterocycles. The van der Waals surface area contributed by atoms with Crippen molar-refractivity contribution in [2.24, 2.45) is 9.98 Å². The van der Waals surface area contributed by atoms with Crippen molar-refractivity contribution in [3.05, 3.63) is 41.0 Å². The van der Waals surface area contributed by atoms with Gasteiger partial charge in [0.1, 0.15) is 5.84 Å². The summed E-state index contributed by atoms with van der Waals surface area (Å²) in [6, 6.07) is 8.75. The number of amidine groups is 1. The number of hydrogen-bond acceptors (Lipinski definition) is 6. The van der Waals surface area contributed by atoms with Gasteiger partial charge in [-0.15, -0.1) is 0 Å². The van der Waals surface area contributed by atoms with Crippen molar-refractivity contribution in [1.29, 1.82) is 0 Å². The fourth-order valence-corrected chi connectivity index (χ4v) is 4.16. The molecular weight excluding hydrogens is 412 g/mol. The fourth-order valence-electron chi connectivity index (χ4n) is 4.16. The second-order valence-corrected chi connectivity index (χ2v) is 9.06.